The maximum absolute atomic E-state index is 13.0. The van der Waals surface area contributed by atoms with Crippen LogP contribution in [-0.2, 0) is 4.74 Å². The van der Waals surface area contributed by atoms with E-state index in [2.05, 4.69) is 20.7 Å². The van der Waals surface area contributed by atoms with Crippen molar-refractivity contribution in [2.24, 2.45) is 0 Å². The van der Waals surface area contributed by atoms with Crippen LogP contribution in [-0.4, -0.2) is 49.8 Å². The van der Waals surface area contributed by atoms with Gasteiger partial charge in [0.15, 0.2) is 0 Å². The van der Waals surface area contributed by atoms with Gasteiger partial charge in [0, 0.05) is 0 Å². The Morgan fingerprint density at radius 3 is 2.17 bits per heavy atom. The van der Waals surface area contributed by atoms with Gasteiger partial charge in [0.1, 0.15) is 12.2 Å². The van der Waals surface area contributed by atoms with Gasteiger partial charge in [0.05, 0.1) is 6.61 Å². The molecule has 12 heavy (non-hydrogen) atoms. The first-order chi connectivity index (χ1) is 5.33. The third-order valence-corrected chi connectivity index (χ3v) is 2.41. The van der Waals surface area contributed by atoms with E-state index >= 15 is 0 Å². The predicted octanol–water partition coefficient (Wildman–Crippen LogP) is -1.56. The highest BCUT2D eigenvalue weighted by atomic mass is 79.9. The van der Waals surface area contributed by atoms with E-state index in [1.54, 1.807) is 0 Å². The quantitative estimate of drug-likeness (QED) is 0.421. The minimum absolute atomic E-state index is 0.707. The molecule has 7 heteroatoms. The first kappa shape index (κ1) is 10.3. The van der Waals surface area contributed by atoms with Gasteiger partial charge in [0.2, 0.25) is 0 Å². The molecule has 0 saturated carbocycles. The van der Waals surface area contributed by atoms with Crippen molar-refractivity contribution in [3.8, 4) is 0 Å². The maximum Gasteiger partial charge on any atom is 0.300 e. The normalized spacial score (nSPS) is 54.5. The summed E-state index contributed by atoms with van der Waals surface area (Å²) in [4.78, 5) is 0. The molecule has 0 bridgehead atoms. The highest BCUT2D eigenvalue weighted by Gasteiger charge is 2.65. The number of ether oxygens (including phenoxy) is 1. The lowest BCUT2D eigenvalue weighted by Gasteiger charge is -2.24. The van der Waals surface area contributed by atoms with Crippen LogP contribution in [0, 0.1) is 0 Å². The highest BCUT2D eigenvalue weighted by Crippen LogP contribution is 2.43. The first-order valence-corrected chi connectivity index (χ1v) is 3.91. The van der Waals surface area contributed by atoms with Gasteiger partial charge in [-0.3, -0.25) is 0 Å². The van der Waals surface area contributed by atoms with Gasteiger partial charge in [-0.2, -0.15) is 0 Å². The summed E-state index contributed by atoms with van der Waals surface area (Å²) in [6.45, 7) is -0.707. The number of halogens is 2. The molecule has 1 aliphatic heterocycles. The molecule has 0 amide bonds. The Labute approximate surface area is 75.5 Å². The molecule has 1 unspecified atom stereocenters. The van der Waals surface area contributed by atoms with Crippen LogP contribution in [0.25, 0.3) is 0 Å². The summed E-state index contributed by atoms with van der Waals surface area (Å²) in [5.74, 6) is -3.33. The molecule has 1 saturated heterocycles. The molecule has 0 spiro atoms. The highest BCUT2D eigenvalue weighted by molar-refractivity contribution is 9.10. The second-order valence-electron chi connectivity index (χ2n) is 2.52. The minimum atomic E-state index is -3.33. The van der Waals surface area contributed by atoms with Crippen molar-refractivity contribution in [2.45, 2.75) is 22.8 Å². The average molecular weight is 247 g/mol. The molecule has 0 aromatic carbocycles. The van der Waals surface area contributed by atoms with Crippen molar-refractivity contribution in [1.82, 2.24) is 0 Å². The fourth-order valence-corrected chi connectivity index (χ4v) is 1.39. The molecular weight excluding hydrogens is 239 g/mol. The van der Waals surface area contributed by atoms with Crippen molar-refractivity contribution in [3.05, 3.63) is 0 Å². The largest absolute Gasteiger partial charge is 0.394 e. The van der Waals surface area contributed by atoms with Crippen LogP contribution in [0.4, 0.5) is 4.39 Å². The van der Waals surface area contributed by atoms with Crippen LogP contribution in [0.1, 0.15) is 0 Å². The number of aliphatic hydroxyl groups is 4. The summed E-state index contributed by atoms with van der Waals surface area (Å²) in [6.07, 6.45) is -3.35. The lowest BCUT2D eigenvalue weighted by molar-refractivity contribution is -0.257. The van der Waals surface area contributed by atoms with Crippen LogP contribution in [0.5, 0.6) is 0 Å². The van der Waals surface area contributed by atoms with Crippen molar-refractivity contribution in [3.63, 3.8) is 0 Å². The van der Waals surface area contributed by atoms with Crippen LogP contribution < -0.4 is 0 Å². The number of hydrogen-bond donors (Lipinski definition) is 4. The van der Waals surface area contributed by atoms with Crippen LogP contribution in [0.15, 0.2) is 0 Å². The zero-order valence-corrected chi connectivity index (χ0v) is 7.40. The fraction of sp³-hybridized carbons (Fsp3) is 1.00. The zero-order valence-electron chi connectivity index (χ0n) is 5.81. The monoisotopic (exact) mass is 246 g/mol. The molecule has 4 N–H and O–H groups in total. The lowest BCUT2D eigenvalue weighted by Crippen LogP contribution is -2.49. The van der Waals surface area contributed by atoms with Gasteiger partial charge >= 0.3 is 5.85 Å². The Morgan fingerprint density at radius 1 is 1.50 bits per heavy atom. The van der Waals surface area contributed by atoms with Crippen molar-refractivity contribution in [1.29, 1.82) is 0 Å². The Bertz CT molecular complexity index is 185. The minimum Gasteiger partial charge on any atom is -0.394 e. The number of hydrogen-bond acceptors (Lipinski definition) is 5. The molecule has 1 rings (SSSR count). The molecule has 1 fully saturated rings. The Balaban J connectivity index is 2.88. The molecule has 1 aliphatic rings. The van der Waals surface area contributed by atoms with E-state index in [1.165, 1.54) is 0 Å². The SMILES string of the molecule is OC[C@H]1OC(O)(Br)[C@](O)(F)[C@@H]1O. The first-order valence-electron chi connectivity index (χ1n) is 3.12. The Kier molecular flexibility index (Phi) is 2.45. The zero-order chi connectivity index (χ0) is 9.57. The van der Waals surface area contributed by atoms with Crippen molar-refractivity contribution >= 4 is 15.9 Å². The van der Waals surface area contributed by atoms with E-state index < -0.39 is 29.4 Å². The van der Waals surface area contributed by atoms with E-state index in [4.69, 9.17) is 20.4 Å². The summed E-state index contributed by atoms with van der Waals surface area (Å²) in [7, 11) is 0. The van der Waals surface area contributed by atoms with E-state index in [0.29, 0.717) is 0 Å². The molecule has 0 aliphatic carbocycles. The third-order valence-electron chi connectivity index (χ3n) is 1.66. The van der Waals surface area contributed by atoms with Gasteiger partial charge in [-0.1, -0.05) is 0 Å². The summed E-state index contributed by atoms with van der Waals surface area (Å²) >= 11 is 2.32. The van der Waals surface area contributed by atoms with Gasteiger partial charge in [0.25, 0.3) is 4.70 Å². The fourth-order valence-electron chi connectivity index (χ4n) is 0.914. The molecule has 5 nitrogen and oxygen atoms in total. The van der Waals surface area contributed by atoms with Crippen LogP contribution in [0.2, 0.25) is 0 Å². The second kappa shape index (κ2) is 2.86. The third kappa shape index (κ3) is 1.26. The molecule has 72 valence electrons. The van der Waals surface area contributed by atoms with E-state index in [9.17, 15) is 4.39 Å². The van der Waals surface area contributed by atoms with Crippen LogP contribution in [0.3, 0.4) is 0 Å². The van der Waals surface area contributed by atoms with Gasteiger partial charge in [-0.15, -0.1) is 0 Å². The van der Waals surface area contributed by atoms with Gasteiger partial charge in [-0.05, 0) is 15.9 Å². The summed E-state index contributed by atoms with van der Waals surface area (Å²) in [5, 5.41) is 35.3. The Morgan fingerprint density at radius 2 is 2.00 bits per heavy atom. The molecule has 0 aromatic heterocycles. The molecule has 1 heterocycles. The summed E-state index contributed by atoms with van der Waals surface area (Å²) < 4.78 is 14.7. The topological polar surface area (TPSA) is 90.2 Å². The van der Waals surface area contributed by atoms with Gasteiger partial charge in [-0.25, -0.2) is 4.39 Å². The van der Waals surface area contributed by atoms with E-state index in [-0.39, 0.29) is 0 Å². The number of alkyl halides is 2. The van der Waals surface area contributed by atoms with Gasteiger partial charge < -0.3 is 25.2 Å². The lowest BCUT2D eigenvalue weighted by atomic mass is 10.1. The standard InChI is InChI=1S/C5H8BrFO5/c6-5(11)4(7,10)3(9)2(1-8)12-5/h2-3,8-11H,1H2/t2-,3-,4+,5?/m1/s1. The predicted molar refractivity (Wildman–Crippen MR) is 37.9 cm³/mol. The maximum atomic E-state index is 13.0. The van der Waals surface area contributed by atoms with Crippen molar-refractivity contribution < 1.29 is 29.6 Å². The summed E-state index contributed by atoms with van der Waals surface area (Å²) in [5.41, 5.74) is 0. The Hall–Kier alpha value is 0.210. The van der Waals surface area contributed by atoms with Crippen LogP contribution >= 0.6 is 15.9 Å². The number of aliphatic hydroxyl groups excluding tert-OH is 2. The molecule has 4 atom stereocenters. The second-order valence-corrected chi connectivity index (χ2v) is 3.59. The molecule has 0 aromatic rings. The smallest absolute Gasteiger partial charge is 0.300 e. The van der Waals surface area contributed by atoms with Crippen molar-refractivity contribution in [2.75, 3.05) is 6.61 Å². The average Bonchev–Trinajstić information content (AvgIpc) is 2.11. The number of rotatable bonds is 1. The molecule has 0 radical (unpaired) electrons. The van der Waals surface area contributed by atoms with E-state index in [0.717, 1.165) is 0 Å². The summed E-state index contributed by atoms with van der Waals surface area (Å²) in [6, 6.07) is 0. The van der Waals surface area contributed by atoms with E-state index in [1.807, 2.05) is 0 Å². The molecular formula is C5H8BrFO5.